The number of methoxy groups -OCH3 is 2. The molecule has 0 saturated heterocycles. The molecule has 0 aliphatic rings. The van der Waals surface area contributed by atoms with E-state index in [2.05, 4.69) is 12.1 Å². The van der Waals surface area contributed by atoms with Gasteiger partial charge in [0.15, 0.2) is 0 Å². The Hall–Kier alpha value is -5.60. The summed E-state index contributed by atoms with van der Waals surface area (Å²) in [6.45, 7) is -0.0181. The van der Waals surface area contributed by atoms with Gasteiger partial charge in [0.2, 0.25) is 0 Å². The van der Waals surface area contributed by atoms with Crippen LogP contribution in [0.2, 0.25) is 0 Å². The van der Waals surface area contributed by atoms with Crippen molar-refractivity contribution in [1.29, 1.82) is 10.5 Å². The fourth-order valence-electron chi connectivity index (χ4n) is 4.63. The van der Waals surface area contributed by atoms with Crippen molar-refractivity contribution in [3.05, 3.63) is 131 Å². The molecule has 4 aromatic carbocycles. The average Bonchev–Trinajstić information content (AvgIpc) is 3.06. The molecule has 0 fully saturated rings. The van der Waals surface area contributed by atoms with Crippen LogP contribution >= 0.6 is 0 Å². The molecular formula is C34H30N4O4. The molecule has 0 saturated carbocycles. The van der Waals surface area contributed by atoms with Gasteiger partial charge in [0.25, 0.3) is 11.8 Å². The summed E-state index contributed by atoms with van der Waals surface area (Å²) in [6.07, 6.45) is 0. The summed E-state index contributed by atoms with van der Waals surface area (Å²) in [4.78, 5) is 30.7. The van der Waals surface area contributed by atoms with Crippen molar-refractivity contribution in [1.82, 2.24) is 9.80 Å². The van der Waals surface area contributed by atoms with Gasteiger partial charge in [-0.2, -0.15) is 10.5 Å². The Morgan fingerprint density at radius 2 is 0.929 bits per heavy atom. The van der Waals surface area contributed by atoms with Crippen LogP contribution in [0.1, 0.15) is 43.9 Å². The summed E-state index contributed by atoms with van der Waals surface area (Å²) in [5, 5.41) is 20.5. The van der Waals surface area contributed by atoms with Crippen LogP contribution in [0.3, 0.4) is 0 Å². The highest BCUT2D eigenvalue weighted by Crippen LogP contribution is 2.27. The molecule has 2 amide bonds. The Kier molecular flexibility index (Phi) is 9.90. The third kappa shape index (κ3) is 6.75. The molecule has 4 aromatic rings. The highest BCUT2D eigenvalue weighted by atomic mass is 16.5. The summed E-state index contributed by atoms with van der Waals surface area (Å²) in [5.41, 5.74) is 1.99. The number of carbonyl (C=O) groups excluding carboxylic acids is 2. The van der Waals surface area contributed by atoms with Gasteiger partial charge in [-0.05, 0) is 59.7 Å². The van der Waals surface area contributed by atoms with Gasteiger partial charge in [-0.3, -0.25) is 9.59 Å². The zero-order valence-corrected chi connectivity index (χ0v) is 23.4. The first-order valence-corrected chi connectivity index (χ1v) is 13.3. The molecule has 0 aliphatic carbocycles. The van der Waals surface area contributed by atoms with Crippen LogP contribution < -0.4 is 9.47 Å². The van der Waals surface area contributed by atoms with Gasteiger partial charge in [0.1, 0.15) is 23.6 Å². The lowest BCUT2D eigenvalue weighted by atomic mass is 10.0. The Balaban J connectivity index is 1.73. The number of benzene rings is 4. The second-order valence-corrected chi connectivity index (χ2v) is 9.34. The highest BCUT2D eigenvalue weighted by molar-refractivity contribution is 5.96. The fourth-order valence-corrected chi connectivity index (χ4v) is 4.63. The lowest BCUT2D eigenvalue weighted by molar-refractivity contribution is 0.0605. The number of hydrogen-bond donors (Lipinski definition) is 0. The summed E-state index contributed by atoms with van der Waals surface area (Å²) in [5.74, 6) is 0.402. The maximum Gasteiger partial charge on any atom is 0.255 e. The van der Waals surface area contributed by atoms with E-state index in [-0.39, 0.29) is 13.1 Å². The zero-order valence-electron chi connectivity index (χ0n) is 23.4. The van der Waals surface area contributed by atoms with E-state index in [0.717, 1.165) is 0 Å². The third-order valence-corrected chi connectivity index (χ3v) is 6.88. The second kappa shape index (κ2) is 14.2. The van der Waals surface area contributed by atoms with E-state index in [0.29, 0.717) is 33.8 Å². The quantitative estimate of drug-likeness (QED) is 0.230. The number of rotatable bonds is 11. The van der Waals surface area contributed by atoms with Gasteiger partial charge >= 0.3 is 0 Å². The van der Waals surface area contributed by atoms with E-state index in [9.17, 15) is 20.1 Å². The molecule has 0 heterocycles. The van der Waals surface area contributed by atoms with Crippen LogP contribution in [-0.2, 0) is 0 Å². The minimum absolute atomic E-state index is 0.00904. The number of nitriles is 2. The lowest BCUT2D eigenvalue weighted by Gasteiger charge is -2.33. The molecule has 0 N–H and O–H groups in total. The van der Waals surface area contributed by atoms with Gasteiger partial charge in [0.05, 0.1) is 26.4 Å². The van der Waals surface area contributed by atoms with Crippen LogP contribution in [0.25, 0.3) is 0 Å². The van der Waals surface area contributed by atoms with E-state index in [4.69, 9.17) is 9.47 Å². The van der Waals surface area contributed by atoms with E-state index in [1.807, 2.05) is 12.1 Å². The van der Waals surface area contributed by atoms with Crippen molar-refractivity contribution in [3.63, 3.8) is 0 Å². The summed E-state index contributed by atoms with van der Waals surface area (Å²) >= 11 is 0. The second-order valence-electron chi connectivity index (χ2n) is 9.34. The number of nitrogens with zero attached hydrogens (tertiary/aromatic N) is 4. The minimum atomic E-state index is -0.934. The van der Waals surface area contributed by atoms with E-state index in [1.54, 1.807) is 97.1 Å². The van der Waals surface area contributed by atoms with Crippen LogP contribution in [0, 0.1) is 22.7 Å². The maximum atomic E-state index is 13.9. The Morgan fingerprint density at radius 1 is 0.595 bits per heavy atom. The Bertz CT molecular complexity index is 1440. The van der Waals surface area contributed by atoms with Gasteiger partial charge in [-0.1, -0.05) is 60.7 Å². The van der Waals surface area contributed by atoms with Gasteiger partial charge in [-0.15, -0.1) is 0 Å². The first-order chi connectivity index (χ1) is 20.5. The Morgan fingerprint density at radius 3 is 1.21 bits per heavy atom. The molecule has 0 radical (unpaired) electrons. The zero-order chi connectivity index (χ0) is 29.9. The first-order valence-electron chi connectivity index (χ1n) is 13.3. The van der Waals surface area contributed by atoms with Crippen LogP contribution in [0.5, 0.6) is 11.5 Å². The summed E-state index contributed by atoms with van der Waals surface area (Å²) in [7, 11) is 3.08. The molecule has 210 valence electrons. The number of hydrogen-bond acceptors (Lipinski definition) is 6. The molecule has 8 nitrogen and oxygen atoms in total. The third-order valence-electron chi connectivity index (χ3n) is 6.88. The SMILES string of the molecule is COc1ccc(C(=O)N(CCN(C(=O)c2ccc(OC)cc2)C(C#N)c2ccccc2)C(C#N)c2ccccc2)cc1. The minimum Gasteiger partial charge on any atom is -0.497 e. The molecule has 2 atom stereocenters. The topological polar surface area (TPSA) is 107 Å². The molecule has 42 heavy (non-hydrogen) atoms. The standard InChI is InChI=1S/C34H30N4O4/c1-41-29-17-13-27(14-18-29)33(39)37(31(23-35)25-9-5-3-6-10-25)21-22-38(32(24-36)26-11-7-4-8-12-26)34(40)28-15-19-30(42-2)20-16-28/h3-20,31-32H,21-22H2,1-2H3. The van der Waals surface area contributed by atoms with Crippen molar-refractivity contribution in [2.75, 3.05) is 27.3 Å². The maximum absolute atomic E-state index is 13.9. The largest absolute Gasteiger partial charge is 0.497 e. The molecule has 0 bridgehead atoms. The molecule has 0 aromatic heterocycles. The van der Waals surface area contributed by atoms with Crippen molar-refractivity contribution in [2.45, 2.75) is 12.1 Å². The van der Waals surface area contributed by atoms with Crippen molar-refractivity contribution in [2.24, 2.45) is 0 Å². The predicted molar refractivity (Wildman–Crippen MR) is 158 cm³/mol. The van der Waals surface area contributed by atoms with Crippen molar-refractivity contribution < 1.29 is 19.1 Å². The van der Waals surface area contributed by atoms with E-state index >= 15 is 0 Å². The van der Waals surface area contributed by atoms with Crippen molar-refractivity contribution in [3.8, 4) is 23.6 Å². The van der Waals surface area contributed by atoms with E-state index in [1.165, 1.54) is 24.0 Å². The smallest absolute Gasteiger partial charge is 0.255 e. The fraction of sp³-hybridized carbons (Fsp3) is 0.176. The van der Waals surface area contributed by atoms with Crippen LogP contribution in [0.4, 0.5) is 0 Å². The van der Waals surface area contributed by atoms with E-state index < -0.39 is 23.9 Å². The van der Waals surface area contributed by atoms with Crippen LogP contribution in [0.15, 0.2) is 109 Å². The number of amides is 2. The van der Waals surface area contributed by atoms with Crippen LogP contribution in [-0.4, -0.2) is 48.9 Å². The first kappa shape index (κ1) is 29.4. The average molecular weight is 559 g/mol. The number of carbonyl (C=O) groups is 2. The predicted octanol–water partition coefficient (Wildman–Crippen LogP) is 5.82. The lowest BCUT2D eigenvalue weighted by Crippen LogP contribution is -2.43. The molecule has 8 heteroatoms. The molecule has 0 spiro atoms. The summed E-state index contributed by atoms with van der Waals surface area (Å²) in [6, 6.07) is 33.9. The van der Waals surface area contributed by atoms with Gasteiger partial charge in [-0.25, -0.2) is 0 Å². The molecule has 2 unspecified atom stereocenters. The van der Waals surface area contributed by atoms with Gasteiger partial charge in [0, 0.05) is 24.2 Å². The van der Waals surface area contributed by atoms with Crippen molar-refractivity contribution >= 4 is 11.8 Å². The molecular weight excluding hydrogens is 528 g/mol. The molecule has 0 aliphatic heterocycles. The normalized spacial score (nSPS) is 11.7. The highest BCUT2D eigenvalue weighted by Gasteiger charge is 2.31. The van der Waals surface area contributed by atoms with Gasteiger partial charge < -0.3 is 19.3 Å². The monoisotopic (exact) mass is 558 g/mol. The molecule has 4 rings (SSSR count). The number of ether oxygens (including phenoxy) is 2. The Labute approximate surface area is 245 Å². The summed E-state index contributed by atoms with van der Waals surface area (Å²) < 4.78 is 10.5.